The maximum atomic E-state index is 12.7. The molecule has 0 unspecified atom stereocenters. The number of carbonyl (C=O) groups excluding carboxylic acids is 1. The van der Waals surface area contributed by atoms with Gasteiger partial charge in [-0.15, -0.1) is 0 Å². The van der Waals surface area contributed by atoms with E-state index < -0.39 is 0 Å². The molecule has 1 fully saturated rings. The lowest BCUT2D eigenvalue weighted by atomic mass is 9.98. The van der Waals surface area contributed by atoms with Crippen LogP contribution in [0.5, 0.6) is 5.75 Å². The quantitative estimate of drug-likeness (QED) is 0.705. The van der Waals surface area contributed by atoms with Gasteiger partial charge in [-0.2, -0.15) is 0 Å². The molecular formula is C25H24N2O3. The van der Waals surface area contributed by atoms with E-state index >= 15 is 0 Å². The Morgan fingerprint density at radius 3 is 2.03 bits per heavy atom. The highest BCUT2D eigenvalue weighted by Gasteiger charge is 2.30. The molecule has 0 bridgehead atoms. The zero-order valence-electron chi connectivity index (χ0n) is 16.7. The van der Waals surface area contributed by atoms with Crippen molar-refractivity contribution in [2.45, 2.75) is 5.92 Å². The second-order valence-corrected chi connectivity index (χ2v) is 7.77. The summed E-state index contributed by atoms with van der Waals surface area (Å²) in [5.74, 6) is 0.344. The Morgan fingerprint density at radius 2 is 1.40 bits per heavy atom. The number of carbonyl (C=O) groups is 1. The van der Waals surface area contributed by atoms with E-state index in [2.05, 4.69) is 29.2 Å². The Balaban J connectivity index is 1.23. The van der Waals surface area contributed by atoms with Crippen LogP contribution in [0.1, 0.15) is 17.0 Å². The molecule has 0 radical (unpaired) electrons. The minimum atomic E-state index is -0.270. The van der Waals surface area contributed by atoms with E-state index in [1.807, 2.05) is 42.5 Å². The summed E-state index contributed by atoms with van der Waals surface area (Å²) >= 11 is 0. The molecule has 152 valence electrons. The first-order valence-electron chi connectivity index (χ1n) is 10.4. The van der Waals surface area contributed by atoms with Crippen LogP contribution in [0.3, 0.4) is 0 Å². The lowest BCUT2D eigenvalue weighted by Gasteiger charge is -2.35. The fourth-order valence-corrected chi connectivity index (χ4v) is 4.55. The fourth-order valence-electron chi connectivity index (χ4n) is 4.55. The zero-order chi connectivity index (χ0) is 20.5. The molecule has 5 nitrogen and oxygen atoms in total. The molecule has 0 atom stereocenters. The zero-order valence-corrected chi connectivity index (χ0v) is 16.7. The van der Waals surface area contributed by atoms with Gasteiger partial charge in [-0.25, -0.2) is 4.79 Å². The SMILES string of the molecule is O=C(OCC1c2ccccc2-c2ccccc21)N1CCN(c2ccccc2O)CC1. The summed E-state index contributed by atoms with van der Waals surface area (Å²) in [6.45, 7) is 2.83. The van der Waals surface area contributed by atoms with E-state index in [4.69, 9.17) is 4.74 Å². The number of nitrogens with zero attached hydrogens (tertiary/aromatic N) is 2. The predicted molar refractivity (Wildman–Crippen MR) is 117 cm³/mol. The molecule has 5 rings (SSSR count). The van der Waals surface area contributed by atoms with Crippen LogP contribution >= 0.6 is 0 Å². The average molecular weight is 400 g/mol. The van der Waals surface area contributed by atoms with Gasteiger partial charge in [-0.3, -0.25) is 0 Å². The molecule has 1 amide bonds. The summed E-state index contributed by atoms with van der Waals surface area (Å²) in [6, 6.07) is 24.0. The number of ether oxygens (including phenoxy) is 1. The summed E-state index contributed by atoms with van der Waals surface area (Å²) in [5, 5.41) is 10.1. The van der Waals surface area contributed by atoms with Crippen molar-refractivity contribution in [1.29, 1.82) is 0 Å². The van der Waals surface area contributed by atoms with Crippen LogP contribution in [0, 0.1) is 0 Å². The lowest BCUT2D eigenvalue weighted by molar-refractivity contribution is 0.0976. The van der Waals surface area contributed by atoms with Crippen LogP contribution in [0.2, 0.25) is 0 Å². The second-order valence-electron chi connectivity index (χ2n) is 7.77. The Morgan fingerprint density at radius 1 is 0.833 bits per heavy atom. The molecule has 1 heterocycles. The standard InChI is InChI=1S/C25H24N2O3/c28-24-12-6-5-11-23(24)26-13-15-27(16-14-26)25(29)30-17-22-20-9-3-1-7-18(20)19-8-2-4-10-21(19)22/h1-12,22,28H,13-17H2. The molecule has 3 aromatic rings. The molecular weight excluding hydrogens is 376 g/mol. The highest BCUT2D eigenvalue weighted by atomic mass is 16.6. The van der Waals surface area contributed by atoms with Crippen LogP contribution in [0.15, 0.2) is 72.8 Å². The molecule has 0 spiro atoms. The third-order valence-electron chi connectivity index (χ3n) is 6.10. The van der Waals surface area contributed by atoms with Gasteiger partial charge in [0.15, 0.2) is 0 Å². The van der Waals surface area contributed by atoms with Crippen molar-refractivity contribution in [3.05, 3.63) is 83.9 Å². The van der Waals surface area contributed by atoms with Gasteiger partial charge in [0.2, 0.25) is 0 Å². The highest BCUT2D eigenvalue weighted by molar-refractivity contribution is 5.79. The number of hydrogen-bond acceptors (Lipinski definition) is 4. The van der Waals surface area contributed by atoms with Crippen LogP contribution < -0.4 is 4.90 Å². The molecule has 1 aliphatic carbocycles. The van der Waals surface area contributed by atoms with Gasteiger partial charge in [-0.05, 0) is 34.4 Å². The predicted octanol–water partition coefficient (Wildman–Crippen LogP) is 4.46. The first-order chi connectivity index (χ1) is 14.7. The van der Waals surface area contributed by atoms with E-state index in [0.717, 1.165) is 5.69 Å². The molecule has 30 heavy (non-hydrogen) atoms. The van der Waals surface area contributed by atoms with E-state index in [1.54, 1.807) is 11.0 Å². The van der Waals surface area contributed by atoms with Gasteiger partial charge >= 0.3 is 6.09 Å². The van der Waals surface area contributed by atoms with Gasteiger partial charge in [0, 0.05) is 32.1 Å². The third-order valence-corrected chi connectivity index (χ3v) is 6.10. The Hall–Kier alpha value is -3.47. The lowest BCUT2D eigenvalue weighted by Crippen LogP contribution is -2.49. The minimum absolute atomic E-state index is 0.0731. The van der Waals surface area contributed by atoms with Gasteiger partial charge in [0.05, 0.1) is 5.69 Å². The first kappa shape index (κ1) is 18.6. The highest BCUT2D eigenvalue weighted by Crippen LogP contribution is 2.44. The van der Waals surface area contributed by atoms with Crippen molar-refractivity contribution in [3.8, 4) is 16.9 Å². The molecule has 0 saturated carbocycles. The monoisotopic (exact) mass is 400 g/mol. The average Bonchev–Trinajstić information content (AvgIpc) is 3.12. The summed E-state index contributed by atoms with van der Waals surface area (Å²) in [7, 11) is 0. The van der Waals surface area contributed by atoms with Crippen molar-refractivity contribution >= 4 is 11.8 Å². The van der Waals surface area contributed by atoms with Crippen molar-refractivity contribution in [2.24, 2.45) is 0 Å². The molecule has 1 aliphatic heterocycles. The maximum absolute atomic E-state index is 12.7. The minimum Gasteiger partial charge on any atom is -0.506 e. The molecule has 5 heteroatoms. The number of amides is 1. The van der Waals surface area contributed by atoms with Gasteiger partial charge < -0.3 is 19.6 Å². The van der Waals surface area contributed by atoms with Gasteiger partial charge in [0.1, 0.15) is 12.4 Å². The second kappa shape index (κ2) is 7.75. The van der Waals surface area contributed by atoms with Crippen molar-refractivity contribution in [1.82, 2.24) is 4.90 Å². The molecule has 2 aliphatic rings. The summed E-state index contributed by atoms with van der Waals surface area (Å²) in [4.78, 5) is 16.6. The molecule has 1 N–H and O–H groups in total. The normalized spacial score (nSPS) is 15.6. The maximum Gasteiger partial charge on any atom is 0.409 e. The number of hydrogen-bond donors (Lipinski definition) is 1. The smallest absolute Gasteiger partial charge is 0.409 e. The van der Waals surface area contributed by atoms with Crippen LogP contribution in [0.4, 0.5) is 10.5 Å². The third kappa shape index (κ3) is 3.26. The summed E-state index contributed by atoms with van der Waals surface area (Å²) in [5.41, 5.74) is 5.70. The van der Waals surface area contributed by atoms with Crippen molar-refractivity contribution in [3.63, 3.8) is 0 Å². The number of fused-ring (bicyclic) bond motifs is 3. The Kier molecular flexibility index (Phi) is 4.79. The number of benzene rings is 3. The number of phenolic OH excluding ortho intramolecular Hbond substituents is 1. The largest absolute Gasteiger partial charge is 0.506 e. The summed E-state index contributed by atoms with van der Waals surface area (Å²) in [6.07, 6.45) is -0.270. The van der Waals surface area contributed by atoms with Gasteiger partial charge in [-0.1, -0.05) is 60.7 Å². The summed E-state index contributed by atoms with van der Waals surface area (Å²) < 4.78 is 5.76. The number of para-hydroxylation sites is 2. The number of rotatable bonds is 3. The molecule has 0 aromatic heterocycles. The Labute approximate surface area is 176 Å². The number of aromatic hydroxyl groups is 1. The fraction of sp³-hybridized carbons (Fsp3) is 0.240. The number of phenols is 1. The van der Waals surface area contributed by atoms with Gasteiger partial charge in [0.25, 0.3) is 0 Å². The number of piperazine rings is 1. The topological polar surface area (TPSA) is 53.0 Å². The molecule has 3 aromatic carbocycles. The van der Waals surface area contributed by atoms with Crippen LogP contribution in [-0.4, -0.2) is 48.9 Å². The molecule has 1 saturated heterocycles. The van der Waals surface area contributed by atoms with E-state index in [-0.39, 0.29) is 17.8 Å². The van der Waals surface area contributed by atoms with Crippen molar-refractivity contribution in [2.75, 3.05) is 37.7 Å². The van der Waals surface area contributed by atoms with E-state index in [1.165, 1.54) is 22.3 Å². The number of anilines is 1. The Bertz CT molecular complexity index is 1030. The first-order valence-corrected chi connectivity index (χ1v) is 10.4. The van der Waals surface area contributed by atoms with E-state index in [0.29, 0.717) is 32.8 Å². The van der Waals surface area contributed by atoms with Crippen molar-refractivity contribution < 1.29 is 14.6 Å². The van der Waals surface area contributed by atoms with Crippen LogP contribution in [-0.2, 0) is 4.74 Å². The van der Waals surface area contributed by atoms with E-state index in [9.17, 15) is 9.90 Å². The van der Waals surface area contributed by atoms with Crippen LogP contribution in [0.25, 0.3) is 11.1 Å².